The van der Waals surface area contributed by atoms with E-state index in [1.807, 2.05) is 10.6 Å². The fraction of sp³-hybridized carbons (Fsp3) is 0.458. The molecular formula is C24H23ClF4N6O. The number of nitrogens with zero attached hydrogens (tertiary/aromatic N) is 6. The maximum Gasteiger partial charge on any atom is 0.401 e. The average molecular weight is 523 g/mol. The molecule has 36 heavy (non-hydrogen) atoms. The van der Waals surface area contributed by atoms with Crippen molar-refractivity contribution in [2.24, 2.45) is 5.41 Å². The first-order valence-corrected chi connectivity index (χ1v) is 12.0. The van der Waals surface area contributed by atoms with Crippen molar-refractivity contribution in [3.05, 3.63) is 58.5 Å². The molecule has 0 radical (unpaired) electrons. The third-order valence-corrected chi connectivity index (χ3v) is 7.56. The van der Waals surface area contributed by atoms with Crippen LogP contribution in [0.15, 0.2) is 30.5 Å². The van der Waals surface area contributed by atoms with Crippen LogP contribution in [0.25, 0.3) is 5.69 Å². The van der Waals surface area contributed by atoms with Crippen LogP contribution in [0.5, 0.6) is 5.75 Å². The molecule has 1 aliphatic carbocycles. The number of alkyl halides is 3. The Kier molecular flexibility index (Phi) is 5.42. The van der Waals surface area contributed by atoms with Crippen LogP contribution in [0.3, 0.4) is 0 Å². The Hall–Kier alpha value is -2.92. The number of hydrogen-bond donors (Lipinski definition) is 0. The van der Waals surface area contributed by atoms with E-state index in [2.05, 4.69) is 20.1 Å². The molecule has 1 spiro atoms. The third kappa shape index (κ3) is 4.07. The van der Waals surface area contributed by atoms with Crippen molar-refractivity contribution in [2.45, 2.75) is 38.0 Å². The van der Waals surface area contributed by atoms with Gasteiger partial charge < -0.3 is 9.64 Å². The molecule has 0 N–H and O–H groups in total. The second kappa shape index (κ2) is 8.31. The Labute approximate surface area is 209 Å². The number of aromatic nitrogens is 4. The van der Waals surface area contributed by atoms with Crippen LogP contribution in [-0.4, -0.2) is 57.6 Å². The number of rotatable bonds is 4. The van der Waals surface area contributed by atoms with Crippen molar-refractivity contribution < 1.29 is 22.3 Å². The zero-order valence-corrected chi connectivity index (χ0v) is 20.2. The van der Waals surface area contributed by atoms with Crippen molar-refractivity contribution >= 4 is 17.4 Å². The number of methoxy groups -OCH3 is 1. The van der Waals surface area contributed by atoms with Gasteiger partial charge in [0, 0.05) is 42.1 Å². The van der Waals surface area contributed by atoms with Crippen LogP contribution in [0.2, 0.25) is 5.02 Å². The van der Waals surface area contributed by atoms with Crippen molar-refractivity contribution in [3.63, 3.8) is 0 Å². The van der Waals surface area contributed by atoms with Gasteiger partial charge in [-0.05, 0) is 36.6 Å². The molecule has 2 fully saturated rings. The molecule has 2 aliphatic heterocycles. The van der Waals surface area contributed by atoms with Crippen molar-refractivity contribution in [3.8, 4) is 11.4 Å². The average Bonchev–Trinajstić information content (AvgIpc) is 3.08. The standard InChI is InChI=1S/C24H23ClF4N6O/c1-36-19-5-20(30-8-17(19)26)34-11-23(12-34)6-15(7-23)22-32-31-21-10-33(13-24(27,28)29)9-14-4-16(25)2-3-18(14)35(21)22/h2-5,8,15H,6-7,9-13H2,1H3. The predicted octanol–water partition coefficient (Wildman–Crippen LogP) is 4.73. The summed E-state index contributed by atoms with van der Waals surface area (Å²) in [7, 11) is 1.42. The molecule has 0 unspecified atom stereocenters. The van der Waals surface area contributed by atoms with E-state index < -0.39 is 18.5 Å². The fourth-order valence-electron chi connectivity index (χ4n) is 5.81. The number of hydrogen-bond acceptors (Lipinski definition) is 6. The first-order chi connectivity index (χ1) is 17.1. The lowest BCUT2D eigenvalue weighted by molar-refractivity contribution is -0.148. The predicted molar refractivity (Wildman–Crippen MR) is 124 cm³/mol. The largest absolute Gasteiger partial charge is 0.493 e. The summed E-state index contributed by atoms with van der Waals surface area (Å²) < 4.78 is 60.3. The van der Waals surface area contributed by atoms with Gasteiger partial charge in [-0.1, -0.05) is 11.6 Å². The number of benzene rings is 1. The van der Waals surface area contributed by atoms with Crippen LogP contribution in [0.1, 0.15) is 36.0 Å². The topological polar surface area (TPSA) is 59.3 Å². The lowest BCUT2D eigenvalue weighted by Gasteiger charge is -2.59. The van der Waals surface area contributed by atoms with Crippen molar-refractivity contribution in [2.75, 3.05) is 31.6 Å². The number of fused-ring (bicyclic) bond motifs is 3. The van der Waals surface area contributed by atoms with E-state index in [-0.39, 0.29) is 30.2 Å². The van der Waals surface area contributed by atoms with Crippen LogP contribution in [0, 0.1) is 11.2 Å². The molecule has 3 aromatic rings. The highest BCUT2D eigenvalue weighted by atomic mass is 35.5. The quantitative estimate of drug-likeness (QED) is 0.462. The highest BCUT2D eigenvalue weighted by molar-refractivity contribution is 6.30. The summed E-state index contributed by atoms with van der Waals surface area (Å²) in [5.74, 6) is 1.75. The maximum atomic E-state index is 13.7. The molecule has 1 saturated heterocycles. The minimum absolute atomic E-state index is 0.0442. The van der Waals surface area contributed by atoms with Crippen LogP contribution >= 0.6 is 11.6 Å². The maximum absolute atomic E-state index is 13.7. The summed E-state index contributed by atoms with van der Waals surface area (Å²) in [5, 5.41) is 9.21. The Morgan fingerprint density at radius 1 is 1.14 bits per heavy atom. The van der Waals surface area contributed by atoms with Gasteiger partial charge in [0.2, 0.25) is 0 Å². The minimum Gasteiger partial charge on any atom is -0.493 e. The van der Waals surface area contributed by atoms with E-state index in [4.69, 9.17) is 16.3 Å². The number of anilines is 1. The fourth-order valence-corrected chi connectivity index (χ4v) is 6.01. The molecule has 4 heterocycles. The first kappa shape index (κ1) is 23.5. The van der Waals surface area contributed by atoms with Gasteiger partial charge in [0.25, 0.3) is 0 Å². The molecule has 1 saturated carbocycles. The van der Waals surface area contributed by atoms with E-state index in [9.17, 15) is 17.6 Å². The van der Waals surface area contributed by atoms with Crippen LogP contribution in [0.4, 0.5) is 23.4 Å². The molecule has 6 rings (SSSR count). The molecule has 3 aliphatic rings. The second-order valence-electron chi connectivity index (χ2n) is 9.98. The first-order valence-electron chi connectivity index (χ1n) is 11.6. The lowest BCUT2D eigenvalue weighted by atomic mass is 9.57. The second-order valence-corrected chi connectivity index (χ2v) is 10.4. The summed E-state index contributed by atoms with van der Waals surface area (Å²) >= 11 is 6.19. The highest BCUT2D eigenvalue weighted by Crippen LogP contribution is 2.56. The molecule has 2 aromatic heterocycles. The smallest absolute Gasteiger partial charge is 0.401 e. The van der Waals surface area contributed by atoms with E-state index in [1.54, 1.807) is 18.2 Å². The van der Waals surface area contributed by atoms with Gasteiger partial charge in [-0.15, -0.1) is 10.2 Å². The normalized spacial score (nSPS) is 19.3. The van der Waals surface area contributed by atoms with Gasteiger partial charge in [0.15, 0.2) is 17.4 Å². The summed E-state index contributed by atoms with van der Waals surface area (Å²) in [5.41, 5.74) is 1.60. The molecule has 7 nitrogen and oxygen atoms in total. The molecule has 190 valence electrons. The van der Waals surface area contributed by atoms with Gasteiger partial charge >= 0.3 is 6.18 Å². The van der Waals surface area contributed by atoms with E-state index >= 15 is 0 Å². The number of ether oxygens (including phenoxy) is 1. The molecular weight excluding hydrogens is 500 g/mol. The molecule has 12 heteroatoms. The lowest BCUT2D eigenvalue weighted by Crippen LogP contribution is -2.62. The van der Waals surface area contributed by atoms with E-state index in [1.165, 1.54) is 18.2 Å². The number of pyridine rings is 1. The molecule has 0 bridgehead atoms. The molecule has 1 aromatic carbocycles. The molecule has 0 amide bonds. The van der Waals surface area contributed by atoms with Crippen LogP contribution in [-0.2, 0) is 13.1 Å². The zero-order valence-electron chi connectivity index (χ0n) is 19.4. The Morgan fingerprint density at radius 2 is 1.92 bits per heavy atom. The van der Waals surface area contributed by atoms with Gasteiger partial charge in [0.1, 0.15) is 11.6 Å². The summed E-state index contributed by atoms with van der Waals surface area (Å²) in [6.07, 6.45) is -1.39. The Balaban J connectivity index is 1.22. The van der Waals surface area contributed by atoms with Crippen LogP contribution < -0.4 is 9.64 Å². The van der Waals surface area contributed by atoms with Gasteiger partial charge in [-0.25, -0.2) is 9.37 Å². The summed E-state index contributed by atoms with van der Waals surface area (Å²) in [6.45, 7) is 0.708. The summed E-state index contributed by atoms with van der Waals surface area (Å²) in [4.78, 5) is 7.60. The Morgan fingerprint density at radius 3 is 2.64 bits per heavy atom. The summed E-state index contributed by atoms with van der Waals surface area (Å²) in [6, 6.07) is 6.89. The zero-order chi connectivity index (χ0) is 25.2. The highest BCUT2D eigenvalue weighted by Gasteiger charge is 2.54. The SMILES string of the molecule is COc1cc(N2CC3(CC(c4nnc5n4-c4ccc(Cl)cc4CN(CC(F)(F)F)C5)C3)C2)ncc1F. The van der Waals surface area contributed by atoms with Gasteiger partial charge in [0.05, 0.1) is 32.1 Å². The van der Waals surface area contributed by atoms with Gasteiger partial charge in [-0.2, -0.15) is 13.2 Å². The van der Waals surface area contributed by atoms with Crippen molar-refractivity contribution in [1.29, 1.82) is 0 Å². The van der Waals surface area contributed by atoms with Crippen molar-refractivity contribution in [1.82, 2.24) is 24.6 Å². The van der Waals surface area contributed by atoms with E-state index in [0.717, 1.165) is 37.4 Å². The molecule has 0 atom stereocenters. The number of halogens is 5. The monoisotopic (exact) mass is 522 g/mol. The Bertz CT molecular complexity index is 1310. The van der Waals surface area contributed by atoms with E-state index in [0.29, 0.717) is 22.2 Å². The third-order valence-electron chi connectivity index (χ3n) is 7.33. The van der Waals surface area contributed by atoms with Gasteiger partial charge in [-0.3, -0.25) is 9.47 Å². The minimum atomic E-state index is -4.32.